The van der Waals surface area contributed by atoms with E-state index in [0.717, 1.165) is 60.4 Å². The normalized spacial score (nSPS) is 10.7. The van der Waals surface area contributed by atoms with Crippen LogP contribution in [0.5, 0.6) is 0 Å². The number of anilines is 6. The van der Waals surface area contributed by atoms with E-state index < -0.39 is 67.9 Å². The molecule has 0 bridgehead atoms. The molecule has 12 aromatic rings. The molecule has 537 valence electrons. The first-order valence-electron chi connectivity index (χ1n) is 29.4. The number of carbonyl (C=O) groups excluding carboxylic acids is 3. The summed E-state index contributed by atoms with van der Waals surface area (Å²) in [7, 11) is 4.03. The van der Waals surface area contributed by atoms with E-state index in [-0.39, 0.29) is 41.9 Å². The number of nitrogens with zero attached hydrogens (tertiary/aromatic N) is 12. The molecule has 0 aliphatic carbocycles. The Bertz CT molecular complexity index is 4820. The van der Waals surface area contributed by atoms with Gasteiger partial charge in [0.25, 0.3) is 17.9 Å². The Morgan fingerprint density at radius 2 is 0.817 bits per heavy atom. The summed E-state index contributed by atoms with van der Waals surface area (Å²) < 4.78 is 145. The molecular weight excluding hydrogens is 1440 g/mol. The van der Waals surface area contributed by atoms with Crippen molar-refractivity contribution in [2.24, 2.45) is 5.73 Å². The summed E-state index contributed by atoms with van der Waals surface area (Å²) in [6, 6.07) is 30.5. The molecule has 8 N–H and O–H groups in total. The Morgan fingerprint density at radius 3 is 1.12 bits per heavy atom. The van der Waals surface area contributed by atoms with E-state index in [4.69, 9.17) is 17.6 Å². The van der Waals surface area contributed by atoms with Crippen LogP contribution in [0, 0.1) is 0 Å². The Morgan fingerprint density at radius 1 is 0.510 bits per heavy atom. The van der Waals surface area contributed by atoms with Crippen LogP contribution in [0.2, 0.25) is 0 Å². The quantitative estimate of drug-likeness (QED) is 0.0286. The van der Waals surface area contributed by atoms with Crippen molar-refractivity contribution in [3.05, 3.63) is 217 Å². The molecule has 0 spiro atoms. The summed E-state index contributed by atoms with van der Waals surface area (Å²) in [6.45, 7) is 3.78. The zero-order chi connectivity index (χ0) is 75.4. The van der Waals surface area contributed by atoms with Gasteiger partial charge in [-0.25, -0.2) is 29.9 Å². The number of aldehydes is 1. The molecule has 0 saturated carbocycles. The molecule has 0 unspecified atom stereocenters. The van der Waals surface area contributed by atoms with Gasteiger partial charge in [-0.15, -0.1) is 0 Å². The Kier molecular flexibility index (Phi) is 32.1. The van der Waals surface area contributed by atoms with Crippen molar-refractivity contribution < 1.29 is 130 Å². The van der Waals surface area contributed by atoms with E-state index >= 15 is 0 Å². The molecule has 3 aromatic carbocycles. The number of pyridine rings is 3. The zero-order valence-corrected chi connectivity index (χ0v) is 58.5. The average molecular weight is 1500 g/mol. The van der Waals surface area contributed by atoms with Crippen molar-refractivity contribution in [1.29, 1.82) is 0 Å². The van der Waals surface area contributed by atoms with E-state index in [2.05, 4.69) is 81.2 Å². The average Bonchev–Trinajstić information content (AvgIpc) is 1.64. The molecule has 27 nitrogen and oxygen atoms in total. The third-order valence-corrected chi connectivity index (χ3v) is 12.9. The zero-order valence-electron chi connectivity index (χ0n) is 55.3. The number of carboxylic acid groups (broad SMARTS) is 1. The summed E-state index contributed by atoms with van der Waals surface area (Å²) in [5.41, 5.74) is 10.6. The van der Waals surface area contributed by atoms with Crippen LogP contribution < -0.4 is 56.6 Å². The molecule has 0 atom stereocenters. The van der Waals surface area contributed by atoms with Crippen LogP contribution >= 0.6 is 0 Å². The number of aromatic nitrogens is 12. The number of rotatable bonds is 15. The fourth-order valence-electron chi connectivity index (χ4n) is 8.84. The second kappa shape index (κ2) is 39.9. The van der Waals surface area contributed by atoms with E-state index in [9.17, 15) is 59.0 Å². The van der Waals surface area contributed by atoms with Crippen LogP contribution in [0.4, 0.5) is 74.0 Å². The molecule has 0 amide bonds. The minimum atomic E-state index is -4.40. The van der Waals surface area contributed by atoms with Crippen LogP contribution in [0.25, 0.3) is 51.1 Å². The summed E-state index contributed by atoms with van der Waals surface area (Å²) in [5, 5.41) is 29.0. The Hall–Kier alpha value is -11.1. The molecule has 2 radical (unpaired) electrons. The Balaban J connectivity index is 0.000000250. The van der Waals surface area contributed by atoms with Crippen molar-refractivity contribution in [2.75, 3.05) is 30.0 Å². The number of halogens is 9. The van der Waals surface area contributed by atoms with Crippen molar-refractivity contribution >= 4 is 83.3 Å². The monoisotopic (exact) mass is 1500 g/mol. The first-order valence-corrected chi connectivity index (χ1v) is 30.3. The van der Waals surface area contributed by atoms with Crippen LogP contribution in [-0.2, 0) is 77.9 Å². The van der Waals surface area contributed by atoms with Gasteiger partial charge in [-0.2, -0.15) is 39.5 Å². The molecule has 0 fully saturated rings. The van der Waals surface area contributed by atoms with Crippen molar-refractivity contribution in [1.82, 2.24) is 63.4 Å². The van der Waals surface area contributed by atoms with Gasteiger partial charge in [0.2, 0.25) is 0 Å². The number of nitrogens with two attached hydrogens (primary N) is 1. The molecule has 0 aliphatic rings. The number of alkyl halides is 9. The summed E-state index contributed by atoms with van der Waals surface area (Å²) in [6.07, 6.45) is 2.00. The van der Waals surface area contributed by atoms with Crippen molar-refractivity contribution in [3.8, 4) is 34.2 Å². The summed E-state index contributed by atoms with van der Waals surface area (Å²) >= 11 is -1.44. The number of imidazole rings is 3. The minimum absolute atomic E-state index is 0. The number of aliphatic hydroxyl groups excluding tert-OH is 1. The number of carboxylic acids is 1. The topological polar surface area (TPSA) is 365 Å². The molecule has 0 aliphatic heterocycles. The maximum atomic E-state index is 12.7. The van der Waals surface area contributed by atoms with Crippen LogP contribution in [0.1, 0.15) is 59.3 Å². The van der Waals surface area contributed by atoms with E-state index in [0.29, 0.717) is 100 Å². The molecular formula is C65H58BF9MnN17NaO10. The second-order valence-electron chi connectivity index (χ2n) is 20.1. The molecule has 104 heavy (non-hydrogen) atoms. The molecule has 9 heterocycles. The number of aliphatic carboxylic acids is 1. The SMILES string of the molecule is CC(=O)O.CC(=O)O[B-]OC(C)=O.CN.CNCc1nc2ccccn2c1-c1cncc(Nc2ccc(C(F)(F)F)cc2)n1.O=Cc1nc2ccccn2c1-c1cncc(Nc2ccc(C(F)(F)F)cc2)n1.OCc1nc2ccccn2c1-c1cncc(Nc2ccc(C(F)(F)F)cc2)n1.[Na+].[O]=[Mn]=[O]. The number of nitrogens with one attached hydrogen (secondary N) is 4. The number of carbonyl (C=O) groups is 4. The standard InChI is InChI=1S/C20H17F3N6.C19H14F3N5O.C19H12F3N5O.C4H6BO4.C2H4O2.CH5N.Mn.Na.2O/c1-24-10-15-19(29-9-3-2-4-18(29)28-15)16-11-25-12-17(27-16)26-14-7-5-13(6-8-14)20(21,22)23;2*20-19(21,22)12-4-6-13(7-5-12)24-16-10-23-9-14(25-16)18-15(11-28)26-17-3-1-2-8-27(17)18;1-3(6)8-5-9-4(2)7;1-2(3)4;1-2;;;;/h2-9,11-12,24H,10H2,1H3,(H,26,27);1-10,28H,11H2,(H,24,25);1-11H,(H,24,25);1-2H3;1H3,(H,3,4);2H2,1H3;;;;/q;;;-1;;;;+1;;. The number of hydrogen-bond acceptors (Lipinski definition) is 23. The predicted molar refractivity (Wildman–Crippen MR) is 351 cm³/mol. The van der Waals surface area contributed by atoms with Gasteiger partial charge in [-0.05, 0) is 123 Å². The summed E-state index contributed by atoms with van der Waals surface area (Å²) in [4.78, 5) is 79.6. The third-order valence-electron chi connectivity index (χ3n) is 12.9. The number of aliphatic hydroxyl groups is 1. The van der Waals surface area contributed by atoms with E-state index in [1.165, 1.54) is 88.3 Å². The first-order chi connectivity index (χ1) is 49.1. The fourth-order valence-corrected chi connectivity index (χ4v) is 8.84. The first kappa shape index (κ1) is 83.5. The van der Waals surface area contributed by atoms with Gasteiger partial charge >= 0.3 is 70.6 Å². The van der Waals surface area contributed by atoms with Crippen LogP contribution in [-0.4, -0.2) is 114 Å². The second-order valence-corrected chi connectivity index (χ2v) is 20.3. The van der Waals surface area contributed by atoms with Gasteiger partial charge in [0.05, 0.1) is 83.3 Å². The van der Waals surface area contributed by atoms with Gasteiger partial charge in [0.15, 0.2) is 6.29 Å². The van der Waals surface area contributed by atoms with Gasteiger partial charge in [0, 0.05) is 63.0 Å². The van der Waals surface area contributed by atoms with Gasteiger partial charge in [-0.3, -0.25) is 47.3 Å². The molecule has 9 aromatic heterocycles. The fraction of sp³-hybridized carbons (Fsp3) is 0.154. The maximum absolute atomic E-state index is 12.7. The predicted octanol–water partition coefficient (Wildman–Crippen LogP) is 8.76. The Labute approximate surface area is 612 Å². The van der Waals surface area contributed by atoms with E-state index in [1.807, 2.05) is 48.0 Å². The number of fused-ring (bicyclic) bond motifs is 3. The van der Waals surface area contributed by atoms with Crippen LogP contribution in [0.15, 0.2) is 183 Å². The van der Waals surface area contributed by atoms with Crippen molar-refractivity contribution in [3.63, 3.8) is 0 Å². The van der Waals surface area contributed by atoms with E-state index in [1.54, 1.807) is 51.7 Å². The molecule has 39 heteroatoms. The summed E-state index contributed by atoms with van der Waals surface area (Å²) in [5.74, 6) is -0.775. The van der Waals surface area contributed by atoms with Gasteiger partial charge in [-0.1, -0.05) is 18.2 Å². The van der Waals surface area contributed by atoms with Gasteiger partial charge < -0.3 is 46.5 Å². The van der Waals surface area contributed by atoms with Gasteiger partial charge in [0.1, 0.15) is 70.5 Å². The van der Waals surface area contributed by atoms with Crippen molar-refractivity contribution in [2.45, 2.75) is 52.5 Å². The number of benzene rings is 3. The third kappa shape index (κ3) is 24.6. The number of hydrogen-bond donors (Lipinski definition) is 7. The molecule has 12 rings (SSSR count). The van der Waals surface area contributed by atoms with Crippen LogP contribution in [0.3, 0.4) is 0 Å². The molecule has 0 saturated heterocycles.